The second-order valence-electron chi connectivity index (χ2n) is 3.94. The molecule has 0 aromatic heterocycles. The van der Waals surface area contributed by atoms with Crippen LogP contribution in [0.4, 0.5) is 0 Å². The van der Waals surface area contributed by atoms with Crippen molar-refractivity contribution in [3.63, 3.8) is 0 Å². The summed E-state index contributed by atoms with van der Waals surface area (Å²) in [4.78, 5) is 22.8. The minimum Gasteiger partial charge on any atom is -0.456 e. The first kappa shape index (κ1) is 14.5. The molecule has 1 aromatic carbocycles. The van der Waals surface area contributed by atoms with Crippen molar-refractivity contribution in [3.8, 4) is 0 Å². The van der Waals surface area contributed by atoms with Crippen LogP contribution in [0, 0.1) is 0 Å². The average Bonchev–Trinajstić information content (AvgIpc) is 2.35. The lowest BCUT2D eigenvalue weighted by Gasteiger charge is -2.10. The number of hydrogen-bond acceptors (Lipinski definition) is 3. The van der Waals surface area contributed by atoms with Crippen LogP contribution in [0.2, 0.25) is 5.02 Å². The van der Waals surface area contributed by atoms with E-state index >= 15 is 0 Å². The van der Waals surface area contributed by atoms with E-state index in [9.17, 15) is 9.59 Å². The first-order chi connectivity index (χ1) is 8.52. The molecule has 4 nitrogen and oxygen atoms in total. The lowest BCUT2D eigenvalue weighted by atomic mass is 10.2. The molecular formula is C13H16ClNO3. The Balaban J connectivity index is 2.43. The Morgan fingerprint density at radius 3 is 2.78 bits per heavy atom. The molecule has 0 bridgehead atoms. The van der Waals surface area contributed by atoms with E-state index in [1.807, 2.05) is 13.0 Å². The summed E-state index contributed by atoms with van der Waals surface area (Å²) in [5, 5.41) is 3.07. The fourth-order valence-corrected chi connectivity index (χ4v) is 1.43. The Labute approximate surface area is 111 Å². The van der Waals surface area contributed by atoms with Crippen LogP contribution in [0.3, 0.4) is 0 Å². The quantitative estimate of drug-likeness (QED) is 0.674. The normalized spacial score (nSPS) is 11.7. The number of carbonyl (C=O) groups is 2. The number of benzene rings is 1. The molecule has 1 atom stereocenters. The first-order valence-electron chi connectivity index (χ1n) is 5.76. The number of carbonyl (C=O) groups excluding carboxylic acids is 2. The van der Waals surface area contributed by atoms with Crippen molar-refractivity contribution in [2.45, 2.75) is 32.9 Å². The van der Waals surface area contributed by atoms with Crippen molar-refractivity contribution in [1.29, 1.82) is 0 Å². The molecule has 98 valence electrons. The summed E-state index contributed by atoms with van der Waals surface area (Å²) in [6, 6.07) is 7.05. The van der Waals surface area contributed by atoms with E-state index < -0.39 is 11.9 Å². The topological polar surface area (TPSA) is 55.4 Å². The molecule has 0 aliphatic heterocycles. The lowest BCUT2D eigenvalue weighted by Crippen LogP contribution is -2.33. The fourth-order valence-electron chi connectivity index (χ4n) is 1.22. The fraction of sp³-hybridized carbons (Fsp3) is 0.385. The Morgan fingerprint density at radius 2 is 2.17 bits per heavy atom. The van der Waals surface area contributed by atoms with E-state index in [2.05, 4.69) is 5.32 Å². The number of hydrogen-bond donors (Lipinski definition) is 1. The Bertz CT molecular complexity index is 434. The number of rotatable bonds is 4. The largest absolute Gasteiger partial charge is 0.456 e. The number of ether oxygens (including phenoxy) is 1. The van der Waals surface area contributed by atoms with E-state index in [-0.39, 0.29) is 12.6 Å². The highest BCUT2D eigenvalue weighted by molar-refractivity contribution is 6.32. The molecule has 1 N–H and O–H groups in total. The van der Waals surface area contributed by atoms with Gasteiger partial charge in [-0.15, -0.1) is 0 Å². The molecule has 1 unspecified atom stereocenters. The Hall–Kier alpha value is -1.55. The van der Waals surface area contributed by atoms with Gasteiger partial charge in [0.05, 0.1) is 6.10 Å². The maximum atomic E-state index is 11.4. The molecule has 0 spiro atoms. The van der Waals surface area contributed by atoms with Crippen LogP contribution in [0.25, 0.3) is 0 Å². The van der Waals surface area contributed by atoms with E-state index in [1.54, 1.807) is 25.1 Å². The highest BCUT2D eigenvalue weighted by atomic mass is 35.5. The predicted octanol–water partition coefficient (Wildman–Crippen LogP) is 2.30. The van der Waals surface area contributed by atoms with Crippen molar-refractivity contribution >= 4 is 23.5 Å². The first-order valence-corrected chi connectivity index (χ1v) is 6.14. The van der Waals surface area contributed by atoms with Gasteiger partial charge in [-0.1, -0.05) is 30.7 Å². The van der Waals surface area contributed by atoms with Gasteiger partial charge in [-0.3, -0.25) is 4.79 Å². The van der Waals surface area contributed by atoms with E-state index in [0.717, 1.165) is 5.56 Å². The van der Waals surface area contributed by atoms with Crippen molar-refractivity contribution in [2.24, 2.45) is 0 Å². The molecule has 0 aliphatic rings. The third-order valence-electron chi connectivity index (χ3n) is 2.41. The van der Waals surface area contributed by atoms with Gasteiger partial charge in [0.2, 0.25) is 0 Å². The van der Waals surface area contributed by atoms with Crippen molar-refractivity contribution < 1.29 is 14.3 Å². The summed E-state index contributed by atoms with van der Waals surface area (Å²) in [5.41, 5.74) is 0.826. The molecule has 1 amide bonds. The molecule has 0 heterocycles. The number of esters is 1. The SMILES string of the molecule is CCC(C)OC(=O)C(=O)NCc1cccc(Cl)c1. The predicted molar refractivity (Wildman–Crippen MR) is 69.1 cm³/mol. The second kappa shape index (κ2) is 7.01. The summed E-state index contributed by atoms with van der Waals surface area (Å²) in [7, 11) is 0. The van der Waals surface area contributed by atoms with Gasteiger partial charge in [-0.25, -0.2) is 4.79 Å². The smallest absolute Gasteiger partial charge is 0.397 e. The molecular weight excluding hydrogens is 254 g/mol. The van der Waals surface area contributed by atoms with Crippen LogP contribution in [-0.4, -0.2) is 18.0 Å². The minimum absolute atomic E-state index is 0.245. The molecule has 5 heteroatoms. The summed E-state index contributed by atoms with van der Waals surface area (Å²) in [6.07, 6.45) is 0.419. The molecule has 18 heavy (non-hydrogen) atoms. The number of halogens is 1. The monoisotopic (exact) mass is 269 g/mol. The van der Waals surface area contributed by atoms with Gasteiger partial charge in [-0.2, -0.15) is 0 Å². The van der Waals surface area contributed by atoms with Crippen molar-refractivity contribution in [3.05, 3.63) is 34.9 Å². The summed E-state index contributed by atoms with van der Waals surface area (Å²) >= 11 is 5.81. The molecule has 0 fully saturated rings. The van der Waals surface area contributed by atoms with E-state index in [1.165, 1.54) is 0 Å². The van der Waals surface area contributed by atoms with Crippen LogP contribution in [0.15, 0.2) is 24.3 Å². The van der Waals surface area contributed by atoms with Gasteiger partial charge in [0.25, 0.3) is 0 Å². The van der Waals surface area contributed by atoms with E-state index in [4.69, 9.17) is 16.3 Å². The zero-order valence-corrected chi connectivity index (χ0v) is 11.2. The molecule has 0 saturated heterocycles. The van der Waals surface area contributed by atoms with E-state index in [0.29, 0.717) is 11.4 Å². The van der Waals surface area contributed by atoms with Crippen LogP contribution in [-0.2, 0) is 20.9 Å². The van der Waals surface area contributed by atoms with Gasteiger partial charge in [0.1, 0.15) is 0 Å². The lowest BCUT2D eigenvalue weighted by molar-refractivity contribution is -0.158. The number of amides is 1. The van der Waals surface area contributed by atoms with Crippen LogP contribution in [0.1, 0.15) is 25.8 Å². The Kier molecular flexibility index (Phi) is 5.65. The maximum Gasteiger partial charge on any atom is 0.397 e. The van der Waals surface area contributed by atoms with Crippen LogP contribution >= 0.6 is 11.6 Å². The molecule has 0 radical (unpaired) electrons. The standard InChI is InChI=1S/C13H16ClNO3/c1-3-9(2)18-13(17)12(16)15-8-10-5-4-6-11(14)7-10/h4-7,9H,3,8H2,1-2H3,(H,15,16). The average molecular weight is 270 g/mol. The molecule has 1 aromatic rings. The van der Waals surface area contributed by atoms with Crippen molar-refractivity contribution in [2.75, 3.05) is 0 Å². The minimum atomic E-state index is -0.855. The summed E-state index contributed by atoms with van der Waals surface area (Å²) in [5.74, 6) is -1.60. The molecule has 0 aliphatic carbocycles. The van der Waals surface area contributed by atoms with Gasteiger partial charge >= 0.3 is 11.9 Å². The van der Waals surface area contributed by atoms with Gasteiger partial charge in [-0.05, 0) is 31.0 Å². The second-order valence-corrected chi connectivity index (χ2v) is 4.37. The summed E-state index contributed by atoms with van der Waals surface area (Å²) < 4.78 is 4.90. The highest BCUT2D eigenvalue weighted by Crippen LogP contribution is 2.10. The number of nitrogens with one attached hydrogen (secondary N) is 1. The third-order valence-corrected chi connectivity index (χ3v) is 2.65. The zero-order valence-electron chi connectivity index (χ0n) is 10.4. The van der Waals surface area contributed by atoms with Crippen LogP contribution in [0.5, 0.6) is 0 Å². The van der Waals surface area contributed by atoms with Gasteiger partial charge < -0.3 is 10.1 Å². The van der Waals surface area contributed by atoms with Crippen LogP contribution < -0.4 is 5.32 Å². The highest BCUT2D eigenvalue weighted by Gasteiger charge is 2.17. The zero-order chi connectivity index (χ0) is 13.5. The molecule has 0 saturated carbocycles. The molecule has 1 rings (SSSR count). The maximum absolute atomic E-state index is 11.4. The van der Waals surface area contributed by atoms with Gasteiger partial charge in [0, 0.05) is 11.6 Å². The Morgan fingerprint density at radius 1 is 1.44 bits per heavy atom. The summed E-state index contributed by atoms with van der Waals surface area (Å²) in [6.45, 7) is 3.86. The third kappa shape index (κ3) is 4.75. The van der Waals surface area contributed by atoms with Gasteiger partial charge in [0.15, 0.2) is 0 Å². The van der Waals surface area contributed by atoms with Crippen molar-refractivity contribution in [1.82, 2.24) is 5.32 Å².